The van der Waals surface area contributed by atoms with Crippen LogP contribution in [0.2, 0.25) is 5.02 Å². The molecular formula is C30H33ClN4O3. The van der Waals surface area contributed by atoms with E-state index in [1.165, 1.54) is 19.3 Å². The van der Waals surface area contributed by atoms with Crippen molar-refractivity contribution in [2.45, 2.75) is 52.1 Å². The molecule has 0 unspecified atom stereocenters. The summed E-state index contributed by atoms with van der Waals surface area (Å²) in [5.74, 6) is 1.93. The maximum absolute atomic E-state index is 9.77. The summed E-state index contributed by atoms with van der Waals surface area (Å²) < 4.78 is 17.5. The van der Waals surface area contributed by atoms with Crippen LogP contribution in [-0.2, 0) is 4.74 Å². The van der Waals surface area contributed by atoms with Gasteiger partial charge in [-0.1, -0.05) is 24.1 Å². The Bertz CT molecular complexity index is 1400. The lowest BCUT2D eigenvalue weighted by Gasteiger charge is -2.24. The molecule has 1 aromatic heterocycles. The number of nitrogens with zero attached hydrogens (tertiary/aromatic N) is 2. The van der Waals surface area contributed by atoms with E-state index in [1.54, 1.807) is 25.4 Å². The molecule has 3 aromatic rings. The highest BCUT2D eigenvalue weighted by Crippen LogP contribution is 2.37. The summed E-state index contributed by atoms with van der Waals surface area (Å²) in [5.41, 5.74) is 10.2. The molecule has 4 rings (SSSR count). The van der Waals surface area contributed by atoms with E-state index in [0.29, 0.717) is 51.3 Å². The molecule has 0 aliphatic heterocycles. The van der Waals surface area contributed by atoms with Crippen LogP contribution >= 0.6 is 11.6 Å². The third-order valence-corrected chi connectivity index (χ3v) is 6.87. The summed E-state index contributed by atoms with van der Waals surface area (Å²) in [4.78, 5) is 4.49. The van der Waals surface area contributed by atoms with E-state index in [1.807, 2.05) is 44.2 Å². The normalized spacial score (nSPS) is 14.7. The van der Waals surface area contributed by atoms with Crippen molar-refractivity contribution in [2.75, 3.05) is 24.8 Å². The zero-order valence-corrected chi connectivity index (χ0v) is 22.8. The average molecular weight is 533 g/mol. The van der Waals surface area contributed by atoms with Crippen molar-refractivity contribution in [1.29, 1.82) is 5.26 Å². The van der Waals surface area contributed by atoms with Crippen LogP contribution in [0.5, 0.6) is 11.5 Å². The molecule has 2 aromatic carbocycles. The van der Waals surface area contributed by atoms with Gasteiger partial charge in [0.25, 0.3) is 0 Å². The number of anilines is 3. The molecule has 1 fully saturated rings. The van der Waals surface area contributed by atoms with Crippen molar-refractivity contribution in [3.8, 4) is 17.6 Å². The molecule has 198 valence electrons. The lowest BCUT2D eigenvalue weighted by atomic mass is 9.98. The van der Waals surface area contributed by atoms with Crippen molar-refractivity contribution in [1.82, 2.24) is 4.98 Å². The average Bonchev–Trinajstić information content (AvgIpc) is 2.92. The molecule has 0 bridgehead atoms. The molecule has 1 saturated carbocycles. The zero-order valence-electron chi connectivity index (χ0n) is 22.0. The first-order valence-electron chi connectivity index (χ1n) is 12.8. The van der Waals surface area contributed by atoms with Gasteiger partial charge in [-0.25, -0.2) is 0 Å². The Morgan fingerprint density at radius 3 is 2.68 bits per heavy atom. The first kappa shape index (κ1) is 27.2. The number of halogens is 1. The summed E-state index contributed by atoms with van der Waals surface area (Å²) in [6.07, 6.45) is 11.2. The molecule has 0 saturated heterocycles. The fraction of sp³-hybridized carbons (Fsp3) is 0.333. The molecule has 7 nitrogen and oxygen atoms in total. The number of aromatic nitrogens is 1. The van der Waals surface area contributed by atoms with Crippen molar-refractivity contribution < 1.29 is 14.2 Å². The Morgan fingerprint density at radius 1 is 1.21 bits per heavy atom. The molecule has 1 heterocycles. The van der Waals surface area contributed by atoms with Crippen LogP contribution in [-0.4, -0.2) is 24.8 Å². The van der Waals surface area contributed by atoms with E-state index < -0.39 is 0 Å². The fourth-order valence-electron chi connectivity index (χ4n) is 4.55. The van der Waals surface area contributed by atoms with Gasteiger partial charge in [0, 0.05) is 28.9 Å². The molecule has 0 atom stereocenters. The van der Waals surface area contributed by atoms with Gasteiger partial charge < -0.3 is 25.3 Å². The number of nitrogens with one attached hydrogen (secondary N) is 1. The van der Waals surface area contributed by atoms with Crippen LogP contribution in [0.25, 0.3) is 10.9 Å². The topological polar surface area (TPSA) is 102 Å². The van der Waals surface area contributed by atoms with Gasteiger partial charge >= 0.3 is 0 Å². The number of methoxy groups -OCH3 is 1. The SMILES string of the molecule is CC=CC(OC)=C(C)COc1ccc(Nc2c(C#N)cnc3cc(OC4CCCCC4)c(N)cc23)cc1Cl. The number of hydrogen-bond acceptors (Lipinski definition) is 7. The minimum atomic E-state index is 0.172. The summed E-state index contributed by atoms with van der Waals surface area (Å²) in [5, 5.41) is 14.3. The van der Waals surface area contributed by atoms with Crippen LogP contribution in [0.1, 0.15) is 51.5 Å². The van der Waals surface area contributed by atoms with Gasteiger partial charge in [0.15, 0.2) is 0 Å². The van der Waals surface area contributed by atoms with Crippen LogP contribution in [0.4, 0.5) is 17.1 Å². The second-order valence-electron chi connectivity index (χ2n) is 9.35. The predicted octanol–water partition coefficient (Wildman–Crippen LogP) is 7.67. The lowest BCUT2D eigenvalue weighted by molar-refractivity contribution is 0.156. The number of allylic oxidation sites excluding steroid dienone is 2. The van der Waals surface area contributed by atoms with Gasteiger partial charge in [0.1, 0.15) is 29.9 Å². The van der Waals surface area contributed by atoms with E-state index in [0.717, 1.165) is 29.6 Å². The maximum atomic E-state index is 9.77. The summed E-state index contributed by atoms with van der Waals surface area (Å²) in [6, 6.07) is 11.3. The molecule has 0 spiro atoms. The van der Waals surface area contributed by atoms with Gasteiger partial charge in [-0.15, -0.1) is 0 Å². The number of hydrogen-bond donors (Lipinski definition) is 2. The Hall–Kier alpha value is -3.89. The number of nitrogens with two attached hydrogens (primary N) is 1. The smallest absolute Gasteiger partial charge is 0.144 e. The minimum Gasteiger partial charge on any atom is -0.497 e. The third kappa shape index (κ3) is 6.32. The van der Waals surface area contributed by atoms with Crippen molar-refractivity contribution in [3.05, 3.63) is 70.6 Å². The Morgan fingerprint density at radius 2 is 2.00 bits per heavy atom. The molecule has 0 radical (unpaired) electrons. The first-order valence-corrected chi connectivity index (χ1v) is 13.2. The Balaban J connectivity index is 1.58. The van der Waals surface area contributed by atoms with Crippen molar-refractivity contribution in [2.24, 2.45) is 0 Å². The van der Waals surface area contributed by atoms with Gasteiger partial charge in [0.2, 0.25) is 0 Å². The third-order valence-electron chi connectivity index (χ3n) is 6.57. The summed E-state index contributed by atoms with van der Waals surface area (Å²) >= 11 is 6.54. The Labute approximate surface area is 228 Å². The zero-order chi connectivity index (χ0) is 27.1. The van der Waals surface area contributed by atoms with E-state index in [2.05, 4.69) is 16.4 Å². The summed E-state index contributed by atoms with van der Waals surface area (Å²) in [7, 11) is 1.63. The van der Waals surface area contributed by atoms with Gasteiger partial charge in [-0.05, 0) is 69.9 Å². The molecular weight excluding hydrogens is 500 g/mol. The molecule has 1 aliphatic carbocycles. The molecule has 38 heavy (non-hydrogen) atoms. The van der Waals surface area contributed by atoms with E-state index >= 15 is 0 Å². The second-order valence-corrected chi connectivity index (χ2v) is 9.76. The number of rotatable bonds is 9. The van der Waals surface area contributed by atoms with Gasteiger partial charge in [0.05, 0.1) is 40.7 Å². The number of fused-ring (bicyclic) bond motifs is 1. The highest BCUT2D eigenvalue weighted by Gasteiger charge is 2.18. The number of ether oxygens (including phenoxy) is 3. The highest BCUT2D eigenvalue weighted by molar-refractivity contribution is 6.32. The van der Waals surface area contributed by atoms with E-state index in [-0.39, 0.29) is 6.10 Å². The quantitative estimate of drug-likeness (QED) is 0.165. The molecule has 1 aliphatic rings. The van der Waals surface area contributed by atoms with E-state index in [4.69, 9.17) is 31.5 Å². The van der Waals surface area contributed by atoms with E-state index in [9.17, 15) is 5.26 Å². The largest absolute Gasteiger partial charge is 0.497 e. The number of pyridine rings is 1. The number of nitriles is 1. The van der Waals surface area contributed by atoms with Crippen molar-refractivity contribution >= 4 is 39.6 Å². The maximum Gasteiger partial charge on any atom is 0.144 e. The Kier molecular flexibility index (Phi) is 8.98. The minimum absolute atomic E-state index is 0.172. The van der Waals surface area contributed by atoms with Crippen LogP contribution < -0.4 is 20.5 Å². The molecule has 3 N–H and O–H groups in total. The second kappa shape index (κ2) is 12.6. The standard InChI is InChI=1S/C30H33ClN4O3/c1-4-8-27(36-3)19(2)18-37-28-12-11-21(13-24(28)31)35-30-20(16-32)17-34-26-15-29(25(33)14-23(26)30)38-22-9-6-5-7-10-22/h4,8,11-15,17,22H,5-7,9-10,18,33H2,1-3H3,(H,34,35). The van der Waals surface area contributed by atoms with Gasteiger partial charge in [-0.2, -0.15) is 5.26 Å². The van der Waals surface area contributed by atoms with Crippen LogP contribution in [0.3, 0.4) is 0 Å². The van der Waals surface area contributed by atoms with Gasteiger partial charge in [-0.3, -0.25) is 4.98 Å². The predicted molar refractivity (Wildman–Crippen MR) is 153 cm³/mol. The first-order chi connectivity index (χ1) is 18.4. The number of benzene rings is 2. The van der Waals surface area contributed by atoms with Crippen LogP contribution in [0.15, 0.2) is 60.0 Å². The monoisotopic (exact) mass is 532 g/mol. The number of nitrogen functional groups attached to an aromatic ring is 1. The van der Waals surface area contributed by atoms with Crippen LogP contribution in [0, 0.1) is 11.3 Å². The summed E-state index contributed by atoms with van der Waals surface area (Å²) in [6.45, 7) is 4.20. The lowest BCUT2D eigenvalue weighted by Crippen LogP contribution is -2.20. The van der Waals surface area contributed by atoms with Crippen molar-refractivity contribution in [3.63, 3.8) is 0 Å². The molecule has 8 heteroatoms. The highest BCUT2D eigenvalue weighted by atomic mass is 35.5. The molecule has 0 amide bonds. The fourth-order valence-corrected chi connectivity index (χ4v) is 4.79.